The summed E-state index contributed by atoms with van der Waals surface area (Å²) < 4.78 is 17.3. The minimum Gasteiger partial charge on any atom is -0.374 e. The lowest BCUT2D eigenvalue weighted by atomic mass is 10.1. The molecule has 0 bridgehead atoms. The van der Waals surface area contributed by atoms with Gasteiger partial charge in [-0.3, -0.25) is 9.13 Å². The van der Waals surface area contributed by atoms with Gasteiger partial charge < -0.3 is 8.85 Å². The summed E-state index contributed by atoms with van der Waals surface area (Å²) in [6, 6.07) is 1.16. The van der Waals surface area contributed by atoms with E-state index in [4.69, 9.17) is 8.85 Å². The molecule has 0 aromatic heterocycles. The molecular weight excluding hydrogens is 256 g/mol. The third-order valence-corrected chi connectivity index (χ3v) is 8.71. The van der Waals surface area contributed by atoms with Crippen LogP contribution in [0.1, 0.15) is 52.4 Å². The quantitative estimate of drug-likeness (QED) is 0.741. The van der Waals surface area contributed by atoms with Crippen molar-refractivity contribution in [2.45, 2.75) is 64.5 Å². The maximum Gasteiger partial charge on any atom is 0.522 e. The van der Waals surface area contributed by atoms with Crippen LogP contribution in [0.5, 0.6) is 0 Å². The first-order chi connectivity index (χ1) is 9.15. The first kappa shape index (κ1) is 15.4. The van der Waals surface area contributed by atoms with Crippen LogP contribution in [0, 0.1) is 0 Å². The van der Waals surface area contributed by atoms with Crippen molar-refractivity contribution in [2.75, 3.05) is 27.3 Å². The van der Waals surface area contributed by atoms with Gasteiger partial charge in [-0.1, -0.05) is 12.8 Å². The molecule has 2 rings (SSSR count). The van der Waals surface area contributed by atoms with Crippen LogP contribution in [0.4, 0.5) is 0 Å². The van der Waals surface area contributed by atoms with E-state index >= 15 is 0 Å². The van der Waals surface area contributed by atoms with E-state index in [-0.39, 0.29) is 0 Å². The molecule has 0 saturated carbocycles. The molecule has 2 aliphatic rings. The summed E-state index contributed by atoms with van der Waals surface area (Å²) >= 11 is 0. The normalized spacial score (nSPS) is 31.6. The van der Waals surface area contributed by atoms with Crippen LogP contribution in [0.2, 0.25) is 0 Å². The van der Waals surface area contributed by atoms with E-state index in [1.807, 2.05) is 14.2 Å². The fourth-order valence-electron chi connectivity index (χ4n) is 3.75. The van der Waals surface area contributed by atoms with Crippen LogP contribution < -0.4 is 0 Å². The van der Waals surface area contributed by atoms with E-state index in [0.717, 1.165) is 13.1 Å². The molecule has 0 radical (unpaired) electrons. The van der Waals surface area contributed by atoms with Gasteiger partial charge in [-0.25, -0.2) is 0 Å². The lowest BCUT2D eigenvalue weighted by Crippen LogP contribution is -2.73. The lowest BCUT2D eigenvalue weighted by Gasteiger charge is -2.51. The molecular formula is C14H30N2O2Si. The Balaban J connectivity index is 2.24. The van der Waals surface area contributed by atoms with E-state index in [2.05, 4.69) is 23.0 Å². The van der Waals surface area contributed by atoms with Crippen LogP contribution in [-0.2, 0) is 8.85 Å². The second kappa shape index (κ2) is 6.67. The van der Waals surface area contributed by atoms with Crippen molar-refractivity contribution in [3.8, 4) is 0 Å². The zero-order valence-electron chi connectivity index (χ0n) is 13.0. The molecule has 2 unspecified atom stereocenters. The van der Waals surface area contributed by atoms with Gasteiger partial charge in [0.05, 0.1) is 0 Å². The lowest BCUT2D eigenvalue weighted by molar-refractivity contribution is 0.0429. The van der Waals surface area contributed by atoms with E-state index in [1.165, 1.54) is 38.5 Å². The largest absolute Gasteiger partial charge is 0.522 e. The first-order valence-corrected chi connectivity index (χ1v) is 9.50. The minimum atomic E-state index is -2.40. The molecule has 0 spiro atoms. The molecule has 2 heterocycles. The van der Waals surface area contributed by atoms with Gasteiger partial charge in [0.25, 0.3) is 0 Å². The average Bonchev–Trinajstić information content (AvgIpc) is 2.44. The Labute approximate surface area is 119 Å². The highest BCUT2D eigenvalue weighted by molar-refractivity contribution is 6.61. The predicted molar refractivity (Wildman–Crippen MR) is 79.8 cm³/mol. The minimum absolute atomic E-state index is 0.578. The van der Waals surface area contributed by atoms with Crippen molar-refractivity contribution in [2.24, 2.45) is 0 Å². The Hall–Kier alpha value is 0.0569. The summed E-state index contributed by atoms with van der Waals surface area (Å²) in [5, 5.41) is 0. The fraction of sp³-hybridized carbons (Fsp3) is 1.00. The number of hydrogen-bond donors (Lipinski definition) is 0. The Morgan fingerprint density at radius 3 is 1.53 bits per heavy atom. The monoisotopic (exact) mass is 286 g/mol. The van der Waals surface area contributed by atoms with Crippen molar-refractivity contribution in [1.29, 1.82) is 0 Å². The number of piperidine rings is 2. The van der Waals surface area contributed by atoms with E-state index in [1.54, 1.807) is 0 Å². The molecule has 0 aromatic rings. The van der Waals surface area contributed by atoms with Crippen LogP contribution in [-0.4, -0.2) is 57.4 Å². The topological polar surface area (TPSA) is 24.9 Å². The highest BCUT2D eigenvalue weighted by Crippen LogP contribution is 2.31. The molecule has 0 amide bonds. The zero-order chi connectivity index (χ0) is 13.9. The number of nitrogens with zero attached hydrogens (tertiary/aromatic N) is 2. The Morgan fingerprint density at radius 2 is 1.21 bits per heavy atom. The van der Waals surface area contributed by atoms with Gasteiger partial charge >= 0.3 is 8.88 Å². The van der Waals surface area contributed by atoms with Crippen molar-refractivity contribution in [1.82, 2.24) is 9.13 Å². The SMILES string of the molecule is CO[Si](OC)(N1CCCCC1C)N1CCCCC1C. The standard InChI is InChI=1S/C14H30N2O2Si/c1-13-9-5-7-11-15(13)19(17-3,18-4)16-12-8-6-10-14(16)2/h13-14H,5-12H2,1-4H3. The Morgan fingerprint density at radius 1 is 0.789 bits per heavy atom. The maximum atomic E-state index is 6.08. The summed E-state index contributed by atoms with van der Waals surface area (Å²) in [7, 11) is 1.29. The smallest absolute Gasteiger partial charge is 0.374 e. The molecule has 2 atom stereocenters. The van der Waals surface area contributed by atoms with Crippen LogP contribution in [0.15, 0.2) is 0 Å². The molecule has 2 saturated heterocycles. The van der Waals surface area contributed by atoms with Crippen LogP contribution >= 0.6 is 0 Å². The van der Waals surface area contributed by atoms with E-state index in [0.29, 0.717) is 12.1 Å². The van der Waals surface area contributed by atoms with Crippen molar-refractivity contribution >= 4 is 8.88 Å². The van der Waals surface area contributed by atoms with E-state index < -0.39 is 8.88 Å². The summed E-state index contributed by atoms with van der Waals surface area (Å²) in [4.78, 5) is 0. The fourth-order valence-corrected chi connectivity index (χ4v) is 7.44. The van der Waals surface area contributed by atoms with Crippen molar-refractivity contribution in [3.63, 3.8) is 0 Å². The van der Waals surface area contributed by atoms with Gasteiger partial charge in [-0.05, 0) is 52.6 Å². The highest BCUT2D eigenvalue weighted by Gasteiger charge is 2.54. The highest BCUT2D eigenvalue weighted by atomic mass is 28.4. The van der Waals surface area contributed by atoms with Gasteiger partial charge in [0, 0.05) is 26.3 Å². The summed E-state index contributed by atoms with van der Waals surface area (Å²) in [5.41, 5.74) is 0. The molecule has 0 N–H and O–H groups in total. The number of hydrogen-bond acceptors (Lipinski definition) is 4. The van der Waals surface area contributed by atoms with Crippen LogP contribution in [0.3, 0.4) is 0 Å². The third-order valence-electron chi connectivity index (χ3n) is 4.86. The molecule has 0 aliphatic carbocycles. The molecule has 2 aliphatic heterocycles. The van der Waals surface area contributed by atoms with Gasteiger partial charge in [-0.15, -0.1) is 0 Å². The van der Waals surface area contributed by atoms with Gasteiger partial charge in [0.2, 0.25) is 0 Å². The molecule has 112 valence electrons. The molecule has 0 aromatic carbocycles. The predicted octanol–water partition coefficient (Wildman–Crippen LogP) is 2.46. The third kappa shape index (κ3) is 2.90. The molecule has 4 nitrogen and oxygen atoms in total. The second-order valence-corrected chi connectivity index (χ2v) is 9.10. The van der Waals surface area contributed by atoms with Crippen molar-refractivity contribution in [3.05, 3.63) is 0 Å². The first-order valence-electron chi connectivity index (χ1n) is 7.79. The van der Waals surface area contributed by atoms with Gasteiger partial charge in [-0.2, -0.15) is 0 Å². The zero-order valence-corrected chi connectivity index (χ0v) is 14.0. The second-order valence-electron chi connectivity index (χ2n) is 6.03. The van der Waals surface area contributed by atoms with Gasteiger partial charge in [0.15, 0.2) is 0 Å². The van der Waals surface area contributed by atoms with E-state index in [9.17, 15) is 0 Å². The molecule has 2 fully saturated rings. The summed E-state index contributed by atoms with van der Waals surface area (Å²) in [6.07, 6.45) is 7.76. The molecule has 19 heavy (non-hydrogen) atoms. The van der Waals surface area contributed by atoms with Crippen LogP contribution in [0.25, 0.3) is 0 Å². The Bertz CT molecular complexity index is 263. The number of rotatable bonds is 4. The average molecular weight is 286 g/mol. The summed E-state index contributed by atoms with van der Waals surface area (Å²) in [5.74, 6) is 0. The molecule has 5 heteroatoms. The maximum absolute atomic E-state index is 6.08. The van der Waals surface area contributed by atoms with Crippen molar-refractivity contribution < 1.29 is 8.85 Å². The summed E-state index contributed by atoms with van der Waals surface area (Å²) in [6.45, 7) is 6.90. The van der Waals surface area contributed by atoms with Gasteiger partial charge in [0.1, 0.15) is 0 Å². The Kier molecular flexibility index (Phi) is 5.43.